The van der Waals surface area contributed by atoms with Crippen LogP contribution >= 0.6 is 0 Å². The smallest absolute Gasteiger partial charge is 0.276 e. The predicted molar refractivity (Wildman–Crippen MR) is 96.4 cm³/mol. The van der Waals surface area contributed by atoms with Crippen molar-refractivity contribution >= 4 is 28.4 Å². The molecule has 3 heterocycles. The number of carbonyl (C=O) groups is 1. The molecule has 0 saturated heterocycles. The van der Waals surface area contributed by atoms with Gasteiger partial charge in [0.15, 0.2) is 0 Å². The van der Waals surface area contributed by atoms with Gasteiger partial charge in [-0.1, -0.05) is 23.4 Å². The first-order chi connectivity index (χ1) is 13.6. The van der Waals surface area contributed by atoms with E-state index in [1.165, 1.54) is 16.9 Å². The molecular formula is C16H11N9O3. The van der Waals surface area contributed by atoms with Crippen LogP contribution in [-0.2, 0) is 0 Å². The van der Waals surface area contributed by atoms with Crippen molar-refractivity contribution in [3.63, 3.8) is 0 Å². The van der Waals surface area contributed by atoms with Gasteiger partial charge in [-0.25, -0.2) is 9.97 Å². The van der Waals surface area contributed by atoms with Gasteiger partial charge in [0.2, 0.25) is 11.6 Å². The average molecular weight is 377 g/mol. The van der Waals surface area contributed by atoms with Gasteiger partial charge >= 0.3 is 5.69 Å². The Labute approximate surface area is 156 Å². The fourth-order valence-corrected chi connectivity index (χ4v) is 2.49. The van der Waals surface area contributed by atoms with Crippen molar-refractivity contribution in [1.82, 2.24) is 35.4 Å². The maximum atomic E-state index is 12.1. The first kappa shape index (κ1) is 17.0. The van der Waals surface area contributed by atoms with Crippen molar-refractivity contribution in [2.75, 3.05) is 5.43 Å². The number of nitrogens with one attached hydrogen (secondary N) is 2. The van der Waals surface area contributed by atoms with Gasteiger partial charge in [-0.05, 0) is 24.3 Å². The highest BCUT2D eigenvalue weighted by molar-refractivity contribution is 5.93. The van der Waals surface area contributed by atoms with E-state index >= 15 is 0 Å². The molecule has 12 heteroatoms. The molecule has 0 aliphatic rings. The fraction of sp³-hybridized carbons (Fsp3) is 0. The molecule has 4 aromatic rings. The van der Waals surface area contributed by atoms with Gasteiger partial charge in [0.1, 0.15) is 17.5 Å². The Morgan fingerprint density at radius 1 is 1.07 bits per heavy atom. The zero-order chi connectivity index (χ0) is 19.5. The quantitative estimate of drug-likeness (QED) is 0.386. The van der Waals surface area contributed by atoms with Crippen molar-refractivity contribution in [2.24, 2.45) is 0 Å². The number of hydrazine groups is 1. The van der Waals surface area contributed by atoms with Gasteiger partial charge in [0.25, 0.3) is 5.91 Å². The third-order valence-corrected chi connectivity index (χ3v) is 3.73. The number of anilines is 1. The molecule has 0 aliphatic heterocycles. The summed E-state index contributed by atoms with van der Waals surface area (Å²) in [6.45, 7) is 0. The Bertz CT molecular complexity index is 1180. The van der Waals surface area contributed by atoms with E-state index in [1.54, 1.807) is 36.4 Å². The highest BCUT2D eigenvalue weighted by Gasteiger charge is 2.26. The van der Waals surface area contributed by atoms with Crippen LogP contribution in [-0.4, -0.2) is 40.8 Å². The Morgan fingerprint density at radius 2 is 1.89 bits per heavy atom. The summed E-state index contributed by atoms with van der Waals surface area (Å²) in [5.74, 6) is -0.886. The zero-order valence-corrected chi connectivity index (χ0v) is 14.1. The summed E-state index contributed by atoms with van der Waals surface area (Å²) in [6, 6.07) is 11.8. The number of aromatic nitrogens is 6. The number of carbonyl (C=O) groups excluding carboxylic acids is 1. The summed E-state index contributed by atoms with van der Waals surface area (Å²) < 4.78 is 1.24. The minimum atomic E-state index is -0.666. The van der Waals surface area contributed by atoms with E-state index in [9.17, 15) is 14.9 Å². The fourth-order valence-electron chi connectivity index (χ4n) is 2.49. The maximum absolute atomic E-state index is 12.1. The Morgan fingerprint density at radius 3 is 2.68 bits per heavy atom. The van der Waals surface area contributed by atoms with E-state index in [-0.39, 0.29) is 17.3 Å². The molecule has 0 fully saturated rings. The van der Waals surface area contributed by atoms with Crippen LogP contribution in [0.25, 0.3) is 16.9 Å². The summed E-state index contributed by atoms with van der Waals surface area (Å²) in [5.41, 5.74) is 5.52. The molecule has 0 radical (unpaired) electrons. The van der Waals surface area contributed by atoms with Gasteiger partial charge < -0.3 is 0 Å². The van der Waals surface area contributed by atoms with Crippen molar-refractivity contribution in [3.8, 4) is 5.82 Å². The number of nitro groups is 1. The normalized spacial score (nSPS) is 10.6. The zero-order valence-electron chi connectivity index (χ0n) is 14.1. The van der Waals surface area contributed by atoms with Crippen LogP contribution in [0.1, 0.15) is 10.5 Å². The lowest BCUT2D eigenvalue weighted by Crippen LogP contribution is -2.31. The predicted octanol–water partition coefficient (Wildman–Crippen LogP) is 1.27. The highest BCUT2D eigenvalue weighted by atomic mass is 16.6. The van der Waals surface area contributed by atoms with Crippen LogP contribution in [0.2, 0.25) is 0 Å². The van der Waals surface area contributed by atoms with Crippen molar-refractivity contribution < 1.29 is 9.72 Å². The largest absolute Gasteiger partial charge is 0.357 e. The number of nitrogens with zero attached hydrogens (tertiary/aromatic N) is 7. The number of rotatable bonds is 5. The molecule has 3 aromatic heterocycles. The minimum absolute atomic E-state index is 0.0942. The molecule has 0 unspecified atom stereocenters. The number of hydrogen-bond donors (Lipinski definition) is 2. The summed E-state index contributed by atoms with van der Waals surface area (Å²) in [5, 5.41) is 19.6. The lowest BCUT2D eigenvalue weighted by atomic mass is 10.3. The van der Waals surface area contributed by atoms with Crippen molar-refractivity contribution in [3.05, 3.63) is 70.8 Å². The van der Waals surface area contributed by atoms with Crippen molar-refractivity contribution in [2.45, 2.75) is 0 Å². The Kier molecular flexibility index (Phi) is 4.26. The van der Waals surface area contributed by atoms with Crippen LogP contribution < -0.4 is 10.9 Å². The number of benzene rings is 1. The van der Waals surface area contributed by atoms with Gasteiger partial charge in [0.05, 0.1) is 10.4 Å². The standard InChI is InChI=1S/C16H11N9O3/c26-16(11-6-3-4-8-17-11)22-21-14-13(25(27)28)15(19-9-18-14)24-12-7-2-1-5-10(12)20-23-24/h1-9H,(H,22,26)(H,18,19,21). The van der Waals surface area contributed by atoms with Gasteiger partial charge in [-0.15, -0.1) is 5.10 Å². The van der Waals surface area contributed by atoms with E-state index in [1.807, 2.05) is 0 Å². The molecule has 1 amide bonds. The molecular weight excluding hydrogens is 366 g/mol. The molecule has 12 nitrogen and oxygen atoms in total. The molecule has 0 bridgehead atoms. The summed E-state index contributed by atoms with van der Waals surface area (Å²) in [6.07, 6.45) is 2.57. The van der Waals surface area contributed by atoms with Crippen LogP contribution in [0, 0.1) is 10.1 Å². The summed E-state index contributed by atoms with van der Waals surface area (Å²) >= 11 is 0. The van der Waals surface area contributed by atoms with Crippen LogP contribution in [0.3, 0.4) is 0 Å². The van der Waals surface area contributed by atoms with Crippen LogP contribution in [0.5, 0.6) is 0 Å². The SMILES string of the molecule is O=C(NNc1ncnc(-n2nnc3ccccc32)c1[N+](=O)[O-])c1ccccn1. The molecule has 0 atom stereocenters. The molecule has 28 heavy (non-hydrogen) atoms. The second-order valence-electron chi connectivity index (χ2n) is 5.44. The summed E-state index contributed by atoms with van der Waals surface area (Å²) in [4.78, 5) is 34.9. The van der Waals surface area contributed by atoms with E-state index in [0.717, 1.165) is 6.33 Å². The second-order valence-corrected chi connectivity index (χ2v) is 5.44. The topological polar surface area (TPSA) is 154 Å². The molecule has 2 N–H and O–H groups in total. The number of para-hydroxylation sites is 1. The van der Waals surface area contributed by atoms with Crippen LogP contribution in [0.4, 0.5) is 11.5 Å². The monoisotopic (exact) mass is 377 g/mol. The highest BCUT2D eigenvalue weighted by Crippen LogP contribution is 2.28. The molecule has 4 rings (SSSR count). The second kappa shape index (κ2) is 7.03. The number of pyridine rings is 1. The van der Waals surface area contributed by atoms with Gasteiger partial charge in [-0.3, -0.25) is 30.7 Å². The molecule has 0 saturated carbocycles. The maximum Gasteiger partial charge on any atom is 0.357 e. The molecule has 0 aliphatic carbocycles. The molecule has 0 spiro atoms. The lowest BCUT2D eigenvalue weighted by Gasteiger charge is -2.09. The molecule has 138 valence electrons. The van der Waals surface area contributed by atoms with E-state index in [0.29, 0.717) is 11.0 Å². The van der Waals surface area contributed by atoms with Crippen LogP contribution in [0.15, 0.2) is 55.0 Å². The Hall–Kier alpha value is -4.48. The van der Waals surface area contributed by atoms with Gasteiger partial charge in [0, 0.05) is 6.20 Å². The number of amides is 1. The average Bonchev–Trinajstić information content (AvgIpc) is 3.16. The number of fused-ring (bicyclic) bond motifs is 1. The third kappa shape index (κ3) is 3.05. The first-order valence-corrected chi connectivity index (χ1v) is 7.93. The Balaban J connectivity index is 1.70. The van der Waals surface area contributed by atoms with Crippen molar-refractivity contribution in [1.29, 1.82) is 0 Å². The molecule has 1 aromatic carbocycles. The van der Waals surface area contributed by atoms with E-state index in [2.05, 4.69) is 36.1 Å². The number of hydrogen-bond acceptors (Lipinski definition) is 9. The summed E-state index contributed by atoms with van der Waals surface area (Å²) in [7, 11) is 0. The van der Waals surface area contributed by atoms with Gasteiger partial charge in [-0.2, -0.15) is 4.68 Å². The lowest BCUT2D eigenvalue weighted by molar-refractivity contribution is -0.384. The van der Waals surface area contributed by atoms with E-state index < -0.39 is 16.5 Å². The minimum Gasteiger partial charge on any atom is -0.276 e. The third-order valence-electron chi connectivity index (χ3n) is 3.73. The van der Waals surface area contributed by atoms with E-state index in [4.69, 9.17) is 0 Å². The first-order valence-electron chi connectivity index (χ1n) is 7.93.